The number of nitro groups is 1. The van der Waals surface area contributed by atoms with Gasteiger partial charge >= 0.3 is 0 Å². The molecule has 9 nitrogen and oxygen atoms in total. The van der Waals surface area contributed by atoms with Gasteiger partial charge in [0.05, 0.1) is 18.6 Å². The van der Waals surface area contributed by atoms with E-state index in [4.69, 9.17) is 9.47 Å². The molecule has 0 aliphatic heterocycles. The first kappa shape index (κ1) is 21.7. The Kier molecular flexibility index (Phi) is 7.53. The first-order valence-electron chi connectivity index (χ1n) is 8.97. The minimum absolute atomic E-state index is 0.0472. The first-order valence-corrected chi connectivity index (χ1v) is 8.97. The van der Waals surface area contributed by atoms with E-state index in [2.05, 4.69) is 24.7 Å². The van der Waals surface area contributed by atoms with Gasteiger partial charge in [-0.05, 0) is 36.6 Å². The van der Waals surface area contributed by atoms with Crippen molar-refractivity contribution in [1.29, 1.82) is 0 Å². The van der Waals surface area contributed by atoms with E-state index in [1.807, 2.05) is 0 Å². The van der Waals surface area contributed by atoms with Crippen LogP contribution in [0.5, 0.6) is 11.5 Å². The quantitative estimate of drug-likeness (QED) is 0.518. The number of ether oxygens (including phenoxy) is 2. The van der Waals surface area contributed by atoms with Crippen LogP contribution in [0.15, 0.2) is 42.5 Å². The third kappa shape index (κ3) is 6.20. The van der Waals surface area contributed by atoms with Crippen LogP contribution in [0.3, 0.4) is 0 Å². The Labute approximate surface area is 168 Å². The van der Waals surface area contributed by atoms with Crippen LogP contribution < -0.4 is 20.3 Å². The van der Waals surface area contributed by atoms with Crippen molar-refractivity contribution in [3.05, 3.63) is 63.7 Å². The Bertz CT molecular complexity index is 898. The number of hydrogen-bond donors (Lipinski definition) is 2. The molecule has 0 aliphatic carbocycles. The van der Waals surface area contributed by atoms with Crippen molar-refractivity contribution in [1.82, 2.24) is 10.9 Å². The second-order valence-corrected chi connectivity index (χ2v) is 6.61. The SMILES string of the molecule is COc1cc(C(=O)NNC(=O)c2cccc([N+](=O)[O-])c2)ccc1OCCC(C)C. The lowest BCUT2D eigenvalue weighted by Gasteiger charge is -2.13. The molecule has 0 aromatic heterocycles. The molecule has 9 heteroatoms. The number of rotatable bonds is 8. The van der Waals surface area contributed by atoms with Crippen LogP contribution in [0.1, 0.15) is 41.0 Å². The largest absolute Gasteiger partial charge is 0.493 e. The topological polar surface area (TPSA) is 120 Å². The molecule has 2 N–H and O–H groups in total. The van der Waals surface area contributed by atoms with Gasteiger partial charge in [-0.2, -0.15) is 0 Å². The van der Waals surface area contributed by atoms with Crippen molar-refractivity contribution < 1.29 is 24.0 Å². The Morgan fingerprint density at radius 1 is 1.03 bits per heavy atom. The van der Waals surface area contributed by atoms with Crippen LogP contribution in [0, 0.1) is 16.0 Å². The van der Waals surface area contributed by atoms with Crippen LogP contribution in [-0.2, 0) is 0 Å². The Morgan fingerprint density at radius 2 is 1.69 bits per heavy atom. The Hall–Kier alpha value is -3.62. The van der Waals surface area contributed by atoms with Crippen LogP contribution in [-0.4, -0.2) is 30.5 Å². The second-order valence-electron chi connectivity index (χ2n) is 6.61. The molecule has 2 aromatic rings. The average Bonchev–Trinajstić information content (AvgIpc) is 2.71. The molecular weight excluding hydrogens is 378 g/mol. The maximum absolute atomic E-state index is 12.3. The molecule has 0 aliphatic rings. The zero-order valence-electron chi connectivity index (χ0n) is 16.4. The lowest BCUT2D eigenvalue weighted by Crippen LogP contribution is -2.41. The zero-order valence-corrected chi connectivity index (χ0v) is 16.4. The third-order valence-corrected chi connectivity index (χ3v) is 3.99. The van der Waals surface area contributed by atoms with Gasteiger partial charge in [0, 0.05) is 23.3 Å². The van der Waals surface area contributed by atoms with Gasteiger partial charge in [0.25, 0.3) is 17.5 Å². The number of carbonyl (C=O) groups excluding carboxylic acids is 2. The van der Waals surface area contributed by atoms with E-state index in [0.717, 1.165) is 12.5 Å². The number of hydrogen-bond acceptors (Lipinski definition) is 6. The average molecular weight is 401 g/mol. The molecule has 0 spiro atoms. The molecule has 2 amide bonds. The Morgan fingerprint density at radius 3 is 2.28 bits per heavy atom. The molecule has 0 fully saturated rings. The molecule has 0 atom stereocenters. The van der Waals surface area contributed by atoms with Crippen molar-refractivity contribution in [3.63, 3.8) is 0 Å². The number of nitrogens with one attached hydrogen (secondary N) is 2. The van der Waals surface area contributed by atoms with Gasteiger partial charge in [-0.25, -0.2) is 0 Å². The second kappa shape index (κ2) is 10.1. The standard InChI is InChI=1S/C20H23N3O6/c1-13(2)9-10-29-17-8-7-15(12-18(17)28-3)20(25)22-21-19(24)14-5-4-6-16(11-14)23(26)27/h4-8,11-13H,9-10H2,1-3H3,(H,21,24)(H,22,25). The number of nitro benzene ring substituents is 1. The van der Waals surface area contributed by atoms with Crippen LogP contribution in [0.4, 0.5) is 5.69 Å². The Balaban J connectivity index is 2.00. The third-order valence-electron chi connectivity index (χ3n) is 3.99. The lowest BCUT2D eigenvalue weighted by molar-refractivity contribution is -0.384. The zero-order chi connectivity index (χ0) is 21.4. The predicted molar refractivity (Wildman–Crippen MR) is 106 cm³/mol. The molecule has 154 valence electrons. The molecule has 2 aromatic carbocycles. The summed E-state index contributed by atoms with van der Waals surface area (Å²) in [7, 11) is 1.47. The smallest absolute Gasteiger partial charge is 0.270 e. The van der Waals surface area contributed by atoms with E-state index in [9.17, 15) is 19.7 Å². The van der Waals surface area contributed by atoms with Gasteiger partial charge in [-0.3, -0.25) is 30.6 Å². The van der Waals surface area contributed by atoms with Crippen molar-refractivity contribution in [2.75, 3.05) is 13.7 Å². The number of nitrogens with zero attached hydrogens (tertiary/aromatic N) is 1. The van der Waals surface area contributed by atoms with Crippen LogP contribution in [0.25, 0.3) is 0 Å². The van der Waals surface area contributed by atoms with Gasteiger partial charge in [0.2, 0.25) is 0 Å². The molecule has 0 radical (unpaired) electrons. The molecule has 0 heterocycles. The highest BCUT2D eigenvalue weighted by Crippen LogP contribution is 2.28. The summed E-state index contributed by atoms with van der Waals surface area (Å²) in [5, 5.41) is 10.8. The lowest BCUT2D eigenvalue weighted by atomic mass is 10.1. The van der Waals surface area contributed by atoms with E-state index in [0.29, 0.717) is 24.0 Å². The van der Waals surface area contributed by atoms with Crippen LogP contribution in [0.2, 0.25) is 0 Å². The van der Waals surface area contributed by atoms with E-state index < -0.39 is 16.7 Å². The summed E-state index contributed by atoms with van der Waals surface area (Å²) in [6.07, 6.45) is 0.884. The molecule has 0 unspecified atom stereocenters. The maximum Gasteiger partial charge on any atom is 0.270 e. The summed E-state index contributed by atoms with van der Waals surface area (Å²) < 4.78 is 10.9. The van der Waals surface area contributed by atoms with E-state index in [1.165, 1.54) is 31.4 Å². The van der Waals surface area contributed by atoms with Crippen molar-refractivity contribution in [3.8, 4) is 11.5 Å². The summed E-state index contributed by atoms with van der Waals surface area (Å²) in [6.45, 7) is 4.71. The van der Waals surface area contributed by atoms with E-state index in [-0.39, 0.29) is 16.8 Å². The van der Waals surface area contributed by atoms with Gasteiger partial charge in [-0.1, -0.05) is 19.9 Å². The fourth-order valence-corrected chi connectivity index (χ4v) is 2.35. The summed E-state index contributed by atoms with van der Waals surface area (Å²) in [6, 6.07) is 9.84. The van der Waals surface area contributed by atoms with Crippen LogP contribution >= 0.6 is 0 Å². The summed E-state index contributed by atoms with van der Waals surface area (Å²) in [5.74, 6) is 0.163. The molecule has 0 saturated heterocycles. The van der Waals surface area contributed by atoms with Gasteiger partial charge in [0.1, 0.15) is 0 Å². The maximum atomic E-state index is 12.3. The fourth-order valence-electron chi connectivity index (χ4n) is 2.35. The van der Waals surface area contributed by atoms with Gasteiger partial charge in [0.15, 0.2) is 11.5 Å². The number of carbonyl (C=O) groups is 2. The number of methoxy groups -OCH3 is 1. The predicted octanol–water partition coefficient (Wildman–Crippen LogP) is 3.10. The number of benzene rings is 2. The normalized spacial score (nSPS) is 10.3. The van der Waals surface area contributed by atoms with Crippen molar-refractivity contribution in [2.45, 2.75) is 20.3 Å². The number of hydrazine groups is 1. The highest BCUT2D eigenvalue weighted by atomic mass is 16.6. The first-order chi connectivity index (χ1) is 13.8. The molecule has 0 saturated carbocycles. The van der Waals surface area contributed by atoms with Gasteiger partial charge in [-0.15, -0.1) is 0 Å². The van der Waals surface area contributed by atoms with E-state index >= 15 is 0 Å². The summed E-state index contributed by atoms with van der Waals surface area (Å²) >= 11 is 0. The monoisotopic (exact) mass is 401 g/mol. The van der Waals surface area contributed by atoms with Crippen molar-refractivity contribution >= 4 is 17.5 Å². The number of non-ortho nitro benzene ring substituents is 1. The highest BCUT2D eigenvalue weighted by Gasteiger charge is 2.14. The highest BCUT2D eigenvalue weighted by molar-refractivity contribution is 5.99. The summed E-state index contributed by atoms with van der Waals surface area (Å²) in [4.78, 5) is 34.6. The molecule has 29 heavy (non-hydrogen) atoms. The minimum Gasteiger partial charge on any atom is -0.493 e. The van der Waals surface area contributed by atoms with E-state index in [1.54, 1.807) is 12.1 Å². The van der Waals surface area contributed by atoms with Gasteiger partial charge < -0.3 is 9.47 Å². The minimum atomic E-state index is -0.678. The van der Waals surface area contributed by atoms with Crippen molar-refractivity contribution in [2.24, 2.45) is 5.92 Å². The summed E-state index contributed by atoms with van der Waals surface area (Å²) in [5.41, 5.74) is 4.57. The fraction of sp³-hybridized carbons (Fsp3) is 0.300. The number of amides is 2. The molecular formula is C20H23N3O6. The molecule has 0 bridgehead atoms. The molecule has 2 rings (SSSR count).